The summed E-state index contributed by atoms with van der Waals surface area (Å²) in [6, 6.07) is 15.3. The quantitative estimate of drug-likeness (QED) is 0.514. The van der Waals surface area contributed by atoms with E-state index in [4.69, 9.17) is 5.73 Å². The highest BCUT2D eigenvalue weighted by atomic mass is 32.2. The third-order valence-electron chi connectivity index (χ3n) is 3.81. The summed E-state index contributed by atoms with van der Waals surface area (Å²) >= 11 is 1.37. The fourth-order valence-electron chi connectivity index (χ4n) is 2.62. The Labute approximate surface area is 156 Å². The minimum absolute atomic E-state index is 0.0724. The molecule has 3 rings (SSSR count). The van der Waals surface area contributed by atoms with Crippen LogP contribution in [0.15, 0.2) is 53.7 Å². The average Bonchev–Trinajstić information content (AvgIpc) is 3.03. The second kappa shape index (κ2) is 8.05. The summed E-state index contributed by atoms with van der Waals surface area (Å²) in [6.07, 6.45) is 0. The fraction of sp³-hybridized carbons (Fsp3) is 0.211. The molecule has 0 fully saturated rings. The maximum absolute atomic E-state index is 12.2. The van der Waals surface area contributed by atoms with Crippen molar-refractivity contribution in [1.29, 1.82) is 0 Å². The van der Waals surface area contributed by atoms with Crippen LogP contribution in [0.2, 0.25) is 0 Å². The molecule has 0 spiro atoms. The van der Waals surface area contributed by atoms with Gasteiger partial charge in [-0.3, -0.25) is 4.79 Å². The van der Waals surface area contributed by atoms with E-state index >= 15 is 0 Å². The van der Waals surface area contributed by atoms with Gasteiger partial charge < -0.3 is 15.6 Å². The highest BCUT2D eigenvalue weighted by Gasteiger charge is 2.14. The number of aromatic nitrogens is 3. The largest absolute Gasteiger partial charge is 0.399 e. The van der Waals surface area contributed by atoms with Gasteiger partial charge in [0, 0.05) is 23.5 Å². The first-order valence-corrected chi connectivity index (χ1v) is 9.34. The summed E-state index contributed by atoms with van der Waals surface area (Å²) in [4.78, 5) is 12.2. The van der Waals surface area contributed by atoms with Crippen molar-refractivity contribution >= 4 is 29.0 Å². The first-order valence-electron chi connectivity index (χ1n) is 8.35. The van der Waals surface area contributed by atoms with Gasteiger partial charge >= 0.3 is 0 Å². The van der Waals surface area contributed by atoms with Crippen LogP contribution in [0.25, 0.3) is 11.4 Å². The minimum atomic E-state index is -0.0724. The molecule has 0 saturated heterocycles. The van der Waals surface area contributed by atoms with Crippen molar-refractivity contribution in [2.24, 2.45) is 0 Å². The Kier molecular flexibility index (Phi) is 5.58. The summed E-state index contributed by atoms with van der Waals surface area (Å²) < 4.78 is 1.99. The SMILES string of the molecule is CCn1c(SCC(=O)Nc2cccc(C)c2)nnc1-c1cccc(N)c1. The molecule has 6 nitrogen and oxygen atoms in total. The van der Waals surface area contributed by atoms with Crippen LogP contribution in [0.1, 0.15) is 12.5 Å². The van der Waals surface area contributed by atoms with E-state index in [-0.39, 0.29) is 11.7 Å². The standard InChI is InChI=1S/C19H21N5OS/c1-3-24-18(14-7-5-8-15(20)11-14)22-23-19(24)26-12-17(25)21-16-9-4-6-13(2)10-16/h4-11H,3,12,20H2,1-2H3,(H,21,25). The second-order valence-corrected chi connectivity index (χ2v) is 6.82. The molecule has 3 aromatic rings. The molecular formula is C19H21N5OS. The van der Waals surface area contributed by atoms with Crippen LogP contribution < -0.4 is 11.1 Å². The number of aryl methyl sites for hydroxylation is 1. The number of nitrogens with two attached hydrogens (primary N) is 1. The van der Waals surface area contributed by atoms with E-state index in [1.165, 1.54) is 11.8 Å². The molecule has 7 heteroatoms. The summed E-state index contributed by atoms with van der Waals surface area (Å²) in [5, 5.41) is 12.1. The molecule has 0 saturated carbocycles. The molecule has 0 unspecified atom stereocenters. The van der Waals surface area contributed by atoms with Crippen LogP contribution in [0.3, 0.4) is 0 Å². The predicted molar refractivity (Wildman–Crippen MR) is 106 cm³/mol. The molecule has 0 atom stereocenters. The first kappa shape index (κ1) is 18.0. The maximum Gasteiger partial charge on any atom is 0.234 e. The molecule has 0 radical (unpaired) electrons. The molecule has 26 heavy (non-hydrogen) atoms. The lowest BCUT2D eigenvalue weighted by molar-refractivity contribution is -0.113. The van der Waals surface area contributed by atoms with E-state index < -0.39 is 0 Å². The van der Waals surface area contributed by atoms with E-state index in [1.54, 1.807) is 0 Å². The third kappa shape index (κ3) is 4.23. The van der Waals surface area contributed by atoms with Gasteiger partial charge in [0.05, 0.1) is 5.75 Å². The molecule has 1 heterocycles. The van der Waals surface area contributed by atoms with Gasteiger partial charge in [0.2, 0.25) is 5.91 Å². The Bertz CT molecular complexity index is 922. The van der Waals surface area contributed by atoms with Gasteiger partial charge in [0.25, 0.3) is 0 Å². The molecule has 0 aliphatic heterocycles. The number of amides is 1. The number of nitrogens with zero attached hydrogens (tertiary/aromatic N) is 3. The number of hydrogen-bond donors (Lipinski definition) is 2. The molecule has 2 aromatic carbocycles. The lowest BCUT2D eigenvalue weighted by Crippen LogP contribution is -2.14. The van der Waals surface area contributed by atoms with Gasteiger partial charge in [0.15, 0.2) is 11.0 Å². The molecule has 3 N–H and O–H groups in total. The highest BCUT2D eigenvalue weighted by molar-refractivity contribution is 7.99. The Morgan fingerprint density at radius 1 is 1.19 bits per heavy atom. The predicted octanol–water partition coefficient (Wildman–Crippen LogP) is 3.59. The zero-order valence-corrected chi connectivity index (χ0v) is 15.6. The van der Waals surface area contributed by atoms with Crippen molar-refractivity contribution in [1.82, 2.24) is 14.8 Å². The minimum Gasteiger partial charge on any atom is -0.399 e. The lowest BCUT2D eigenvalue weighted by atomic mass is 10.2. The van der Waals surface area contributed by atoms with Gasteiger partial charge in [-0.1, -0.05) is 36.0 Å². The van der Waals surface area contributed by atoms with Crippen molar-refractivity contribution in [3.8, 4) is 11.4 Å². The van der Waals surface area contributed by atoms with Crippen LogP contribution in [-0.2, 0) is 11.3 Å². The number of anilines is 2. The van der Waals surface area contributed by atoms with E-state index in [2.05, 4.69) is 15.5 Å². The molecule has 134 valence electrons. The van der Waals surface area contributed by atoms with Crippen molar-refractivity contribution in [3.05, 3.63) is 54.1 Å². The normalized spacial score (nSPS) is 10.7. The van der Waals surface area contributed by atoms with E-state index in [0.29, 0.717) is 17.4 Å². The molecule has 1 amide bonds. The van der Waals surface area contributed by atoms with E-state index in [1.807, 2.05) is 66.9 Å². The van der Waals surface area contributed by atoms with Crippen molar-refractivity contribution in [3.63, 3.8) is 0 Å². The topological polar surface area (TPSA) is 85.8 Å². The number of hydrogen-bond acceptors (Lipinski definition) is 5. The molecule has 1 aromatic heterocycles. The van der Waals surface area contributed by atoms with Gasteiger partial charge in [-0.25, -0.2) is 0 Å². The third-order valence-corrected chi connectivity index (χ3v) is 4.78. The lowest BCUT2D eigenvalue weighted by Gasteiger charge is -2.08. The summed E-state index contributed by atoms with van der Waals surface area (Å²) in [6.45, 7) is 4.72. The fourth-order valence-corrected chi connectivity index (χ4v) is 3.42. The Morgan fingerprint density at radius 3 is 2.73 bits per heavy atom. The van der Waals surface area contributed by atoms with Gasteiger partial charge in [0.1, 0.15) is 0 Å². The highest BCUT2D eigenvalue weighted by Crippen LogP contribution is 2.25. The number of benzene rings is 2. The Morgan fingerprint density at radius 2 is 2.00 bits per heavy atom. The second-order valence-electron chi connectivity index (χ2n) is 5.88. The Hall–Kier alpha value is -2.80. The summed E-state index contributed by atoms with van der Waals surface area (Å²) in [5.41, 5.74) is 9.36. The van der Waals surface area contributed by atoms with Crippen molar-refractivity contribution in [2.45, 2.75) is 25.5 Å². The van der Waals surface area contributed by atoms with Crippen LogP contribution >= 0.6 is 11.8 Å². The average molecular weight is 367 g/mol. The summed E-state index contributed by atoms with van der Waals surface area (Å²) in [5.74, 6) is 0.946. The number of nitrogens with one attached hydrogen (secondary N) is 1. The number of thioether (sulfide) groups is 1. The van der Waals surface area contributed by atoms with Crippen LogP contribution in [-0.4, -0.2) is 26.4 Å². The van der Waals surface area contributed by atoms with E-state index in [9.17, 15) is 4.79 Å². The summed E-state index contributed by atoms with van der Waals surface area (Å²) in [7, 11) is 0. The number of carbonyl (C=O) groups excluding carboxylic acids is 1. The monoisotopic (exact) mass is 367 g/mol. The van der Waals surface area contributed by atoms with Crippen LogP contribution in [0.5, 0.6) is 0 Å². The number of rotatable bonds is 6. The van der Waals surface area contributed by atoms with Crippen molar-refractivity contribution < 1.29 is 4.79 Å². The Balaban J connectivity index is 1.69. The van der Waals surface area contributed by atoms with Crippen LogP contribution in [0.4, 0.5) is 11.4 Å². The van der Waals surface area contributed by atoms with Gasteiger partial charge in [-0.15, -0.1) is 10.2 Å². The zero-order chi connectivity index (χ0) is 18.5. The maximum atomic E-state index is 12.2. The van der Waals surface area contributed by atoms with Crippen molar-refractivity contribution in [2.75, 3.05) is 16.8 Å². The number of nitrogen functional groups attached to an aromatic ring is 1. The number of carbonyl (C=O) groups is 1. The molecule has 0 aliphatic carbocycles. The smallest absolute Gasteiger partial charge is 0.234 e. The van der Waals surface area contributed by atoms with E-state index in [0.717, 1.165) is 22.6 Å². The van der Waals surface area contributed by atoms with Gasteiger partial charge in [-0.05, 0) is 43.7 Å². The van der Waals surface area contributed by atoms with Gasteiger partial charge in [-0.2, -0.15) is 0 Å². The molecule has 0 aliphatic rings. The zero-order valence-electron chi connectivity index (χ0n) is 14.8. The van der Waals surface area contributed by atoms with Crippen LogP contribution in [0, 0.1) is 6.92 Å². The molecular weight excluding hydrogens is 346 g/mol. The first-order chi connectivity index (χ1) is 12.6. The molecule has 0 bridgehead atoms.